The lowest BCUT2D eigenvalue weighted by Gasteiger charge is -2.25. The minimum absolute atomic E-state index is 0.178. The lowest BCUT2D eigenvalue weighted by Crippen LogP contribution is -2.30. The molecule has 0 bridgehead atoms. The molecule has 3 heteroatoms. The van der Waals surface area contributed by atoms with Crippen LogP contribution in [0.15, 0.2) is 24.3 Å². The van der Waals surface area contributed by atoms with Gasteiger partial charge in [0.2, 0.25) is 5.91 Å². The molecule has 0 radical (unpaired) electrons. The van der Waals surface area contributed by atoms with Gasteiger partial charge < -0.3 is 4.90 Å². The third-order valence-corrected chi connectivity index (χ3v) is 5.53. The van der Waals surface area contributed by atoms with Gasteiger partial charge in [-0.3, -0.25) is 4.79 Å². The highest BCUT2D eigenvalue weighted by Crippen LogP contribution is 2.39. The second-order valence-electron chi connectivity index (χ2n) is 7.14. The van der Waals surface area contributed by atoms with Gasteiger partial charge in [-0.05, 0) is 23.0 Å². The zero-order valence-corrected chi connectivity index (χ0v) is 15.2. The number of amides is 1. The van der Waals surface area contributed by atoms with Crippen molar-refractivity contribution in [3.8, 4) is 0 Å². The van der Waals surface area contributed by atoms with Gasteiger partial charge in [-0.25, -0.2) is 0 Å². The molecule has 1 heterocycles. The van der Waals surface area contributed by atoms with Crippen LogP contribution in [0.25, 0.3) is 0 Å². The summed E-state index contributed by atoms with van der Waals surface area (Å²) in [6.07, 6.45) is 4.04. The summed E-state index contributed by atoms with van der Waals surface area (Å²) in [6.45, 7) is 9.76. The summed E-state index contributed by atoms with van der Waals surface area (Å²) in [7, 11) is 0. The van der Waals surface area contributed by atoms with Crippen LogP contribution in [-0.2, 0) is 10.2 Å². The van der Waals surface area contributed by atoms with Crippen LogP contribution >= 0.6 is 11.8 Å². The minimum atomic E-state index is 0.178. The molecule has 1 amide bonds. The number of thioether (sulfide) groups is 1. The molecule has 0 spiro atoms. The van der Waals surface area contributed by atoms with E-state index in [1.807, 2.05) is 11.8 Å². The number of benzene rings is 1. The summed E-state index contributed by atoms with van der Waals surface area (Å²) in [6, 6.07) is 8.84. The molecule has 0 aliphatic carbocycles. The van der Waals surface area contributed by atoms with Crippen molar-refractivity contribution in [2.75, 3.05) is 12.3 Å². The molecule has 122 valence electrons. The molecular weight excluding hydrogens is 290 g/mol. The fourth-order valence-corrected chi connectivity index (χ4v) is 4.10. The predicted octanol–water partition coefficient (Wildman–Crippen LogP) is 5.14. The Morgan fingerprint density at radius 2 is 1.91 bits per heavy atom. The van der Waals surface area contributed by atoms with Crippen molar-refractivity contribution in [2.24, 2.45) is 0 Å². The van der Waals surface area contributed by atoms with Crippen LogP contribution in [0.1, 0.15) is 69.9 Å². The van der Waals surface area contributed by atoms with E-state index in [9.17, 15) is 4.79 Å². The summed E-state index contributed by atoms with van der Waals surface area (Å²) in [5.41, 5.74) is 2.79. The monoisotopic (exact) mass is 319 g/mol. The molecule has 1 aliphatic heterocycles. The fourth-order valence-electron chi connectivity index (χ4n) is 2.82. The highest BCUT2D eigenvalue weighted by atomic mass is 32.2. The van der Waals surface area contributed by atoms with Gasteiger partial charge in [-0.15, -0.1) is 11.8 Å². The molecule has 22 heavy (non-hydrogen) atoms. The Hall–Kier alpha value is -0.960. The standard InChI is InChI=1S/C19H29NOS/c1-5-6-7-8-17(21)20-13-14-22-18(20)15-9-11-16(12-10-15)19(2,3)4/h9-12,18H,5-8,13-14H2,1-4H3/t18-/m0/s1. The number of carbonyl (C=O) groups excluding carboxylic acids is 1. The molecule has 0 N–H and O–H groups in total. The summed E-state index contributed by atoms with van der Waals surface area (Å²) in [4.78, 5) is 14.5. The van der Waals surface area contributed by atoms with E-state index in [1.54, 1.807) is 0 Å². The molecule has 0 unspecified atom stereocenters. The van der Waals surface area contributed by atoms with Crippen LogP contribution in [0.3, 0.4) is 0 Å². The maximum Gasteiger partial charge on any atom is 0.223 e. The van der Waals surface area contributed by atoms with Crippen molar-refractivity contribution in [3.63, 3.8) is 0 Å². The average Bonchev–Trinajstić information content (AvgIpc) is 2.96. The third-order valence-electron chi connectivity index (χ3n) is 4.27. The average molecular weight is 320 g/mol. The zero-order valence-electron chi connectivity index (χ0n) is 14.4. The van der Waals surface area contributed by atoms with E-state index in [0.29, 0.717) is 12.3 Å². The van der Waals surface area contributed by atoms with E-state index in [0.717, 1.165) is 25.1 Å². The van der Waals surface area contributed by atoms with Crippen LogP contribution in [0, 0.1) is 0 Å². The van der Waals surface area contributed by atoms with Gasteiger partial charge in [0, 0.05) is 18.7 Å². The summed E-state index contributed by atoms with van der Waals surface area (Å²) in [5.74, 6) is 1.37. The molecular formula is C19H29NOS. The maximum atomic E-state index is 12.4. The van der Waals surface area contributed by atoms with Crippen molar-refractivity contribution in [1.29, 1.82) is 0 Å². The van der Waals surface area contributed by atoms with E-state index in [2.05, 4.69) is 56.9 Å². The largest absolute Gasteiger partial charge is 0.326 e. The molecule has 0 saturated carbocycles. The number of carbonyl (C=O) groups is 1. The number of rotatable bonds is 5. The van der Waals surface area contributed by atoms with Crippen LogP contribution in [-0.4, -0.2) is 23.1 Å². The molecule has 1 aliphatic rings. The van der Waals surface area contributed by atoms with Crippen LogP contribution in [0.5, 0.6) is 0 Å². The number of nitrogens with zero attached hydrogens (tertiary/aromatic N) is 1. The van der Waals surface area contributed by atoms with Gasteiger partial charge in [-0.1, -0.05) is 64.8 Å². The van der Waals surface area contributed by atoms with E-state index in [4.69, 9.17) is 0 Å². The first-order valence-corrected chi connectivity index (χ1v) is 9.50. The molecule has 1 atom stereocenters. The first kappa shape index (κ1) is 17.4. The third kappa shape index (κ3) is 4.28. The van der Waals surface area contributed by atoms with Crippen molar-refractivity contribution in [2.45, 2.75) is 64.2 Å². The number of hydrogen-bond acceptors (Lipinski definition) is 2. The molecule has 0 aromatic heterocycles. The van der Waals surface area contributed by atoms with Crippen molar-refractivity contribution in [3.05, 3.63) is 35.4 Å². The van der Waals surface area contributed by atoms with Gasteiger partial charge >= 0.3 is 0 Å². The lowest BCUT2D eigenvalue weighted by molar-refractivity contribution is -0.131. The first-order chi connectivity index (χ1) is 10.4. The Balaban J connectivity index is 2.05. The van der Waals surface area contributed by atoms with Crippen molar-refractivity contribution in [1.82, 2.24) is 4.90 Å². The minimum Gasteiger partial charge on any atom is -0.326 e. The smallest absolute Gasteiger partial charge is 0.223 e. The van der Waals surface area contributed by atoms with Crippen LogP contribution < -0.4 is 0 Å². The highest BCUT2D eigenvalue weighted by Gasteiger charge is 2.30. The van der Waals surface area contributed by atoms with Gasteiger partial charge in [0.25, 0.3) is 0 Å². The van der Waals surface area contributed by atoms with Crippen molar-refractivity contribution < 1.29 is 4.79 Å². The Morgan fingerprint density at radius 1 is 1.23 bits per heavy atom. The quantitative estimate of drug-likeness (QED) is 0.700. The van der Waals surface area contributed by atoms with Crippen molar-refractivity contribution >= 4 is 17.7 Å². The maximum absolute atomic E-state index is 12.4. The predicted molar refractivity (Wildman–Crippen MR) is 96.2 cm³/mol. The SMILES string of the molecule is CCCCCC(=O)N1CCS[C@H]1c1ccc(C(C)(C)C)cc1. The molecule has 1 saturated heterocycles. The Kier molecular flexibility index (Phi) is 5.96. The Morgan fingerprint density at radius 3 is 2.50 bits per heavy atom. The highest BCUT2D eigenvalue weighted by molar-refractivity contribution is 7.99. The molecule has 2 nitrogen and oxygen atoms in total. The Labute approximate surface area is 139 Å². The first-order valence-electron chi connectivity index (χ1n) is 8.45. The summed E-state index contributed by atoms with van der Waals surface area (Å²) < 4.78 is 0. The van der Waals surface area contributed by atoms with Gasteiger partial charge in [-0.2, -0.15) is 0 Å². The molecule has 1 aromatic rings. The fraction of sp³-hybridized carbons (Fsp3) is 0.632. The van der Waals surface area contributed by atoms with Gasteiger partial charge in [0.1, 0.15) is 5.37 Å². The normalized spacial score (nSPS) is 18.7. The topological polar surface area (TPSA) is 20.3 Å². The van der Waals surface area contributed by atoms with Crippen LogP contribution in [0.4, 0.5) is 0 Å². The van der Waals surface area contributed by atoms with Crippen LogP contribution in [0.2, 0.25) is 0 Å². The number of unbranched alkanes of at least 4 members (excludes halogenated alkanes) is 2. The van der Waals surface area contributed by atoms with E-state index in [-0.39, 0.29) is 10.8 Å². The second-order valence-corrected chi connectivity index (χ2v) is 8.33. The Bertz CT molecular complexity index is 489. The zero-order chi connectivity index (χ0) is 16.2. The summed E-state index contributed by atoms with van der Waals surface area (Å²) in [5, 5.41) is 0.211. The second kappa shape index (κ2) is 7.54. The lowest BCUT2D eigenvalue weighted by atomic mass is 9.86. The molecule has 1 aromatic carbocycles. The number of hydrogen-bond donors (Lipinski definition) is 0. The molecule has 1 fully saturated rings. The van der Waals surface area contributed by atoms with Gasteiger partial charge in [0.15, 0.2) is 0 Å². The van der Waals surface area contributed by atoms with E-state index < -0.39 is 0 Å². The van der Waals surface area contributed by atoms with E-state index >= 15 is 0 Å². The van der Waals surface area contributed by atoms with Gasteiger partial charge in [0.05, 0.1) is 0 Å². The van der Waals surface area contributed by atoms with E-state index in [1.165, 1.54) is 17.5 Å². The molecule has 2 rings (SSSR count). The summed E-state index contributed by atoms with van der Waals surface area (Å²) >= 11 is 1.89.